The lowest BCUT2D eigenvalue weighted by molar-refractivity contribution is 0.368. The molecule has 1 atom stereocenters. The summed E-state index contributed by atoms with van der Waals surface area (Å²) in [5.74, 6) is 0.961. The second-order valence-corrected chi connectivity index (χ2v) is 6.80. The molecule has 0 aliphatic carbocycles. The van der Waals surface area contributed by atoms with E-state index in [1.165, 1.54) is 0 Å². The topological polar surface area (TPSA) is 22.1 Å². The van der Waals surface area contributed by atoms with E-state index in [2.05, 4.69) is 32.7 Å². The van der Waals surface area contributed by atoms with E-state index in [1.54, 1.807) is 7.11 Å². The lowest BCUT2D eigenvalue weighted by Crippen LogP contribution is -2.20. The largest absolute Gasteiger partial charge is 0.496 e. The van der Waals surface area contributed by atoms with Gasteiger partial charge >= 0.3 is 0 Å². The predicted molar refractivity (Wildman–Crippen MR) is 82.3 cm³/mol. The Morgan fingerprint density at radius 3 is 2.47 bits per heavy atom. The van der Waals surface area contributed by atoms with E-state index in [1.807, 2.05) is 13.1 Å². The minimum atomic E-state index is 0.162. The summed E-state index contributed by atoms with van der Waals surface area (Å²) in [5.41, 5.74) is 3.54. The van der Waals surface area contributed by atoms with Gasteiger partial charge < -0.3 is 4.74 Å². The van der Waals surface area contributed by atoms with Crippen LogP contribution in [0, 0.1) is 19.3 Å². The Hall–Kier alpha value is -0.760. The molecular formula is C16H26ClNO. The van der Waals surface area contributed by atoms with Crippen LogP contribution >= 0.6 is 11.6 Å². The molecule has 1 aromatic rings. The van der Waals surface area contributed by atoms with E-state index in [9.17, 15) is 0 Å². The Morgan fingerprint density at radius 2 is 1.95 bits per heavy atom. The zero-order valence-corrected chi connectivity index (χ0v) is 13.8. The highest BCUT2D eigenvalue weighted by atomic mass is 35.5. The molecule has 1 unspecified atom stereocenters. The van der Waals surface area contributed by atoms with Crippen LogP contribution in [0.15, 0.2) is 6.20 Å². The molecular weight excluding hydrogens is 258 g/mol. The summed E-state index contributed by atoms with van der Waals surface area (Å²) in [7, 11) is 1.72. The highest BCUT2D eigenvalue weighted by molar-refractivity contribution is 6.21. The van der Waals surface area contributed by atoms with Crippen LogP contribution in [0.1, 0.15) is 50.4 Å². The number of aromatic nitrogens is 1. The monoisotopic (exact) mass is 283 g/mol. The molecule has 108 valence electrons. The van der Waals surface area contributed by atoms with Crippen molar-refractivity contribution in [2.24, 2.45) is 5.41 Å². The van der Waals surface area contributed by atoms with Gasteiger partial charge in [0.05, 0.1) is 7.11 Å². The quantitative estimate of drug-likeness (QED) is 0.732. The lowest BCUT2D eigenvalue weighted by atomic mass is 9.88. The zero-order valence-electron chi connectivity index (χ0n) is 13.0. The molecule has 1 rings (SSSR count). The molecule has 0 saturated carbocycles. The summed E-state index contributed by atoms with van der Waals surface area (Å²) < 4.78 is 5.43. The Bertz CT molecular complexity index is 423. The highest BCUT2D eigenvalue weighted by Crippen LogP contribution is 2.29. The van der Waals surface area contributed by atoms with E-state index in [0.717, 1.165) is 41.8 Å². The number of hydrogen-bond acceptors (Lipinski definition) is 2. The molecule has 0 N–H and O–H groups in total. The second kappa shape index (κ2) is 6.60. The van der Waals surface area contributed by atoms with Gasteiger partial charge in [0.15, 0.2) is 0 Å². The van der Waals surface area contributed by atoms with Gasteiger partial charge in [-0.1, -0.05) is 20.8 Å². The first-order valence-electron chi connectivity index (χ1n) is 6.90. The van der Waals surface area contributed by atoms with Gasteiger partial charge in [-0.15, -0.1) is 11.6 Å². The van der Waals surface area contributed by atoms with Gasteiger partial charge in [-0.25, -0.2) is 0 Å². The van der Waals surface area contributed by atoms with Crippen LogP contribution in [0.3, 0.4) is 0 Å². The lowest BCUT2D eigenvalue weighted by Gasteiger charge is -2.25. The number of pyridine rings is 1. The number of aryl methyl sites for hydroxylation is 2. The third-order valence-corrected chi connectivity index (χ3v) is 4.43. The number of rotatable bonds is 5. The molecule has 0 radical (unpaired) electrons. The highest BCUT2D eigenvalue weighted by Gasteiger charge is 2.21. The zero-order chi connectivity index (χ0) is 14.6. The number of alkyl halides is 1. The van der Waals surface area contributed by atoms with Crippen molar-refractivity contribution in [2.45, 2.75) is 59.3 Å². The summed E-state index contributed by atoms with van der Waals surface area (Å²) in [6.07, 6.45) is 4.93. The molecule has 0 saturated heterocycles. The molecule has 19 heavy (non-hydrogen) atoms. The van der Waals surface area contributed by atoms with E-state index >= 15 is 0 Å². The van der Waals surface area contributed by atoms with Crippen LogP contribution < -0.4 is 4.74 Å². The average molecular weight is 284 g/mol. The average Bonchev–Trinajstić information content (AvgIpc) is 2.31. The van der Waals surface area contributed by atoms with Gasteiger partial charge in [0.25, 0.3) is 0 Å². The number of nitrogens with zero attached hydrogens (tertiary/aromatic N) is 1. The molecule has 0 aromatic carbocycles. The van der Waals surface area contributed by atoms with E-state index in [0.29, 0.717) is 0 Å². The van der Waals surface area contributed by atoms with Crippen LogP contribution in [0.2, 0.25) is 0 Å². The van der Waals surface area contributed by atoms with Gasteiger partial charge in [-0.3, -0.25) is 4.98 Å². The first kappa shape index (κ1) is 16.3. The minimum Gasteiger partial charge on any atom is -0.496 e. The molecule has 0 spiro atoms. The van der Waals surface area contributed by atoms with Crippen LogP contribution in [-0.4, -0.2) is 17.5 Å². The molecule has 0 bridgehead atoms. The standard InChI is InChI=1S/C16H26ClNO/c1-11-10-18-13(12(2)15(11)19-6)8-7-9-14(17)16(3,4)5/h10,14H,7-9H2,1-6H3. The summed E-state index contributed by atoms with van der Waals surface area (Å²) in [5, 5.41) is 0.208. The van der Waals surface area contributed by atoms with Crippen molar-refractivity contribution in [1.29, 1.82) is 0 Å². The van der Waals surface area contributed by atoms with Gasteiger partial charge in [-0.2, -0.15) is 0 Å². The maximum absolute atomic E-state index is 6.40. The number of methoxy groups -OCH3 is 1. The molecule has 1 aromatic heterocycles. The molecule has 0 amide bonds. The molecule has 2 nitrogen and oxygen atoms in total. The molecule has 1 heterocycles. The van der Waals surface area contributed by atoms with Crippen LogP contribution in [0.5, 0.6) is 5.75 Å². The fourth-order valence-electron chi connectivity index (χ4n) is 2.20. The van der Waals surface area contributed by atoms with Crippen molar-refractivity contribution in [3.63, 3.8) is 0 Å². The Kier molecular flexibility index (Phi) is 5.66. The van der Waals surface area contributed by atoms with Crippen molar-refractivity contribution in [2.75, 3.05) is 7.11 Å². The van der Waals surface area contributed by atoms with Crippen molar-refractivity contribution in [3.8, 4) is 5.75 Å². The fraction of sp³-hybridized carbons (Fsp3) is 0.688. The van der Waals surface area contributed by atoms with Crippen LogP contribution in [-0.2, 0) is 6.42 Å². The first-order chi connectivity index (χ1) is 8.77. The molecule has 3 heteroatoms. The summed E-state index contributed by atoms with van der Waals surface area (Å²) in [6, 6.07) is 0. The second-order valence-electron chi connectivity index (χ2n) is 6.27. The Labute approximate surface area is 122 Å². The SMILES string of the molecule is COc1c(C)cnc(CCCC(Cl)C(C)(C)C)c1C. The normalized spacial score (nSPS) is 13.4. The summed E-state index contributed by atoms with van der Waals surface area (Å²) in [6.45, 7) is 10.7. The van der Waals surface area contributed by atoms with Crippen molar-refractivity contribution in [1.82, 2.24) is 4.98 Å². The van der Waals surface area contributed by atoms with Crippen LogP contribution in [0.4, 0.5) is 0 Å². The van der Waals surface area contributed by atoms with Gasteiger partial charge in [0.2, 0.25) is 0 Å². The van der Waals surface area contributed by atoms with E-state index < -0.39 is 0 Å². The third kappa shape index (κ3) is 4.38. The van der Waals surface area contributed by atoms with Crippen molar-refractivity contribution in [3.05, 3.63) is 23.0 Å². The molecule has 0 aliphatic heterocycles. The third-order valence-electron chi connectivity index (χ3n) is 3.56. The fourth-order valence-corrected chi connectivity index (χ4v) is 2.36. The Balaban J connectivity index is 2.64. The maximum atomic E-state index is 6.40. The van der Waals surface area contributed by atoms with Crippen LogP contribution in [0.25, 0.3) is 0 Å². The van der Waals surface area contributed by atoms with Gasteiger partial charge in [0, 0.05) is 28.4 Å². The molecule has 0 fully saturated rings. The van der Waals surface area contributed by atoms with Crippen molar-refractivity contribution < 1.29 is 4.74 Å². The minimum absolute atomic E-state index is 0.162. The predicted octanol–water partition coefficient (Wildman–Crippen LogP) is 4.68. The molecule has 0 aliphatic rings. The maximum Gasteiger partial charge on any atom is 0.128 e. The summed E-state index contributed by atoms with van der Waals surface area (Å²) >= 11 is 6.40. The van der Waals surface area contributed by atoms with E-state index in [4.69, 9.17) is 16.3 Å². The van der Waals surface area contributed by atoms with Gasteiger partial charge in [-0.05, 0) is 38.5 Å². The number of hydrogen-bond donors (Lipinski definition) is 0. The first-order valence-corrected chi connectivity index (χ1v) is 7.34. The summed E-state index contributed by atoms with van der Waals surface area (Å²) in [4.78, 5) is 4.52. The number of halogens is 1. The number of ether oxygens (including phenoxy) is 1. The van der Waals surface area contributed by atoms with Gasteiger partial charge in [0.1, 0.15) is 5.75 Å². The van der Waals surface area contributed by atoms with Crippen molar-refractivity contribution >= 4 is 11.6 Å². The Morgan fingerprint density at radius 1 is 1.32 bits per heavy atom. The smallest absolute Gasteiger partial charge is 0.128 e. The van der Waals surface area contributed by atoms with E-state index in [-0.39, 0.29) is 10.8 Å².